The Bertz CT molecular complexity index is 833. The summed E-state index contributed by atoms with van der Waals surface area (Å²) in [6, 6.07) is 4.09. The number of nitrogen functional groups attached to an aromatic ring is 1. The molecule has 0 spiro atoms. The first-order valence-electron chi connectivity index (χ1n) is 4.97. The lowest BCUT2D eigenvalue weighted by atomic mass is 10.1. The van der Waals surface area contributed by atoms with E-state index in [9.17, 15) is 8.78 Å². The van der Waals surface area contributed by atoms with Crippen LogP contribution in [0.2, 0.25) is 0 Å². The SMILES string of the molecule is N#Cc1sc2c(cnc3cc(F)c(F)cc32)c1N. The van der Waals surface area contributed by atoms with Gasteiger partial charge >= 0.3 is 0 Å². The van der Waals surface area contributed by atoms with Crippen molar-refractivity contribution in [1.82, 2.24) is 4.98 Å². The van der Waals surface area contributed by atoms with Crippen molar-refractivity contribution in [3.05, 3.63) is 34.8 Å². The minimum atomic E-state index is -0.945. The Morgan fingerprint density at radius 3 is 2.67 bits per heavy atom. The van der Waals surface area contributed by atoms with E-state index >= 15 is 0 Å². The summed E-state index contributed by atoms with van der Waals surface area (Å²) in [6.45, 7) is 0. The topological polar surface area (TPSA) is 62.7 Å². The minimum Gasteiger partial charge on any atom is -0.396 e. The van der Waals surface area contributed by atoms with Crippen molar-refractivity contribution in [2.24, 2.45) is 0 Å². The molecule has 0 aliphatic heterocycles. The first-order chi connectivity index (χ1) is 8.61. The van der Waals surface area contributed by atoms with Gasteiger partial charge in [-0.05, 0) is 6.07 Å². The molecule has 0 saturated heterocycles. The van der Waals surface area contributed by atoms with Gasteiger partial charge in [-0.2, -0.15) is 5.26 Å². The van der Waals surface area contributed by atoms with Gasteiger partial charge in [-0.15, -0.1) is 11.3 Å². The molecule has 0 amide bonds. The van der Waals surface area contributed by atoms with Crippen LogP contribution in [-0.4, -0.2) is 4.98 Å². The van der Waals surface area contributed by atoms with Gasteiger partial charge in [0.2, 0.25) is 0 Å². The van der Waals surface area contributed by atoms with E-state index in [2.05, 4.69) is 4.98 Å². The minimum absolute atomic E-state index is 0.330. The van der Waals surface area contributed by atoms with E-state index in [0.717, 1.165) is 23.5 Å². The van der Waals surface area contributed by atoms with Gasteiger partial charge in [-0.1, -0.05) is 0 Å². The number of nitrogens with two attached hydrogens (primary N) is 1. The molecule has 2 aromatic heterocycles. The summed E-state index contributed by atoms with van der Waals surface area (Å²) in [7, 11) is 0. The Balaban J connectivity index is 2.54. The Morgan fingerprint density at radius 2 is 1.94 bits per heavy atom. The van der Waals surface area contributed by atoms with E-state index in [4.69, 9.17) is 11.0 Å². The normalized spacial score (nSPS) is 10.9. The smallest absolute Gasteiger partial charge is 0.161 e. The van der Waals surface area contributed by atoms with Crippen molar-refractivity contribution in [3.63, 3.8) is 0 Å². The summed E-state index contributed by atoms with van der Waals surface area (Å²) in [6.07, 6.45) is 1.47. The molecule has 3 rings (SSSR count). The number of nitriles is 1. The Labute approximate surface area is 104 Å². The molecule has 0 aliphatic carbocycles. The molecule has 0 saturated carbocycles. The van der Waals surface area contributed by atoms with Gasteiger partial charge in [0.25, 0.3) is 0 Å². The van der Waals surface area contributed by atoms with E-state index in [-0.39, 0.29) is 0 Å². The summed E-state index contributed by atoms with van der Waals surface area (Å²) < 4.78 is 27.0. The predicted octanol–water partition coefficient (Wildman–Crippen LogP) is 3.18. The summed E-state index contributed by atoms with van der Waals surface area (Å²) in [5, 5.41) is 9.97. The molecule has 1 aromatic carbocycles. The van der Waals surface area contributed by atoms with Crippen molar-refractivity contribution in [3.8, 4) is 6.07 Å². The molecular weight excluding hydrogens is 256 g/mol. The van der Waals surface area contributed by atoms with Crippen LogP contribution in [0, 0.1) is 23.0 Å². The van der Waals surface area contributed by atoms with Crippen molar-refractivity contribution in [2.75, 3.05) is 5.73 Å². The highest BCUT2D eigenvalue weighted by Crippen LogP contribution is 2.37. The molecule has 3 aromatic rings. The number of thiophene rings is 1. The number of hydrogen-bond acceptors (Lipinski definition) is 4. The first kappa shape index (κ1) is 10.9. The lowest BCUT2D eigenvalue weighted by Gasteiger charge is -2.00. The third-order valence-electron chi connectivity index (χ3n) is 2.70. The van der Waals surface area contributed by atoms with Crippen molar-refractivity contribution < 1.29 is 8.78 Å². The van der Waals surface area contributed by atoms with Crippen LogP contribution in [0.25, 0.3) is 21.0 Å². The molecule has 0 bridgehead atoms. The highest BCUT2D eigenvalue weighted by molar-refractivity contribution is 7.21. The van der Waals surface area contributed by atoms with Gasteiger partial charge in [0.1, 0.15) is 10.9 Å². The molecule has 2 N–H and O–H groups in total. The molecule has 2 heterocycles. The molecule has 88 valence electrons. The van der Waals surface area contributed by atoms with Crippen LogP contribution < -0.4 is 5.73 Å². The monoisotopic (exact) mass is 261 g/mol. The van der Waals surface area contributed by atoms with Crippen molar-refractivity contribution in [2.45, 2.75) is 0 Å². The fraction of sp³-hybridized carbons (Fsp3) is 0. The van der Waals surface area contributed by atoms with Gasteiger partial charge in [0, 0.05) is 27.7 Å². The molecule has 3 nitrogen and oxygen atoms in total. The molecule has 0 fully saturated rings. The molecule has 0 radical (unpaired) electrons. The van der Waals surface area contributed by atoms with E-state index < -0.39 is 11.6 Å². The second-order valence-electron chi connectivity index (χ2n) is 3.74. The molecular formula is C12H5F2N3S. The number of rotatable bonds is 0. The fourth-order valence-corrected chi connectivity index (χ4v) is 2.84. The quantitative estimate of drug-likeness (QED) is 0.676. The van der Waals surface area contributed by atoms with Gasteiger partial charge in [-0.25, -0.2) is 8.78 Å². The number of aromatic nitrogens is 1. The zero-order valence-electron chi connectivity index (χ0n) is 8.87. The predicted molar refractivity (Wildman–Crippen MR) is 66.2 cm³/mol. The second kappa shape index (κ2) is 3.62. The first-order valence-corrected chi connectivity index (χ1v) is 5.79. The number of benzene rings is 1. The Hall–Kier alpha value is -2.26. The van der Waals surface area contributed by atoms with Gasteiger partial charge < -0.3 is 5.73 Å². The number of halogens is 2. The molecule has 0 unspecified atom stereocenters. The number of fused-ring (bicyclic) bond motifs is 3. The van der Waals surface area contributed by atoms with E-state index in [1.807, 2.05) is 6.07 Å². The Morgan fingerprint density at radius 1 is 1.22 bits per heavy atom. The zero-order valence-corrected chi connectivity index (χ0v) is 9.68. The molecule has 0 atom stereocenters. The summed E-state index contributed by atoms with van der Waals surface area (Å²) in [5.41, 5.74) is 6.46. The third-order valence-corrected chi connectivity index (χ3v) is 3.86. The zero-order chi connectivity index (χ0) is 12.9. The summed E-state index contributed by atoms with van der Waals surface area (Å²) >= 11 is 1.15. The number of anilines is 1. The second-order valence-corrected chi connectivity index (χ2v) is 4.76. The van der Waals surface area contributed by atoms with Crippen LogP contribution in [0.5, 0.6) is 0 Å². The fourth-order valence-electron chi connectivity index (χ4n) is 1.83. The van der Waals surface area contributed by atoms with Crippen LogP contribution >= 0.6 is 11.3 Å². The summed E-state index contributed by atoms with van der Waals surface area (Å²) in [5.74, 6) is -1.89. The molecule has 18 heavy (non-hydrogen) atoms. The van der Waals surface area contributed by atoms with E-state index in [1.54, 1.807) is 0 Å². The maximum absolute atomic E-state index is 13.3. The summed E-state index contributed by atoms with van der Waals surface area (Å²) in [4.78, 5) is 4.38. The average molecular weight is 261 g/mol. The van der Waals surface area contributed by atoms with Gasteiger partial charge in [-0.3, -0.25) is 4.98 Å². The molecule has 6 heteroatoms. The molecule has 0 aliphatic rings. The highest BCUT2D eigenvalue weighted by Gasteiger charge is 2.14. The van der Waals surface area contributed by atoms with Crippen LogP contribution in [0.1, 0.15) is 4.88 Å². The van der Waals surface area contributed by atoms with Gasteiger partial charge in [0.15, 0.2) is 11.6 Å². The highest BCUT2D eigenvalue weighted by atomic mass is 32.1. The standard InChI is InChI=1S/C12H5F2N3S/c13-7-1-5-9(2-8(7)14)17-4-6-11(16)10(3-15)18-12(5)6/h1-2,4H,16H2. The van der Waals surface area contributed by atoms with E-state index in [1.165, 1.54) is 6.20 Å². The Kier molecular flexibility index (Phi) is 2.18. The van der Waals surface area contributed by atoms with Crippen LogP contribution in [0.3, 0.4) is 0 Å². The van der Waals surface area contributed by atoms with Crippen LogP contribution in [-0.2, 0) is 0 Å². The largest absolute Gasteiger partial charge is 0.396 e. The van der Waals surface area contributed by atoms with Crippen molar-refractivity contribution in [1.29, 1.82) is 5.26 Å². The maximum Gasteiger partial charge on any atom is 0.161 e. The number of hydrogen-bond donors (Lipinski definition) is 1. The van der Waals surface area contributed by atoms with Crippen LogP contribution in [0.4, 0.5) is 14.5 Å². The average Bonchev–Trinajstić information content (AvgIpc) is 2.68. The lowest BCUT2D eigenvalue weighted by Crippen LogP contribution is -1.88. The number of pyridine rings is 1. The van der Waals surface area contributed by atoms with Crippen molar-refractivity contribution >= 4 is 38.0 Å². The maximum atomic E-state index is 13.3. The lowest BCUT2D eigenvalue weighted by molar-refractivity contribution is 0.511. The van der Waals surface area contributed by atoms with Crippen LogP contribution in [0.15, 0.2) is 18.3 Å². The third kappa shape index (κ3) is 1.34. The van der Waals surface area contributed by atoms with E-state index in [0.29, 0.717) is 31.6 Å². The van der Waals surface area contributed by atoms with Gasteiger partial charge in [0.05, 0.1) is 11.2 Å². The number of nitrogens with zero attached hydrogens (tertiary/aromatic N) is 2.